The maximum atomic E-state index is 5.84. The predicted octanol–water partition coefficient (Wildman–Crippen LogP) is 3.44. The lowest BCUT2D eigenvalue weighted by molar-refractivity contribution is 0.639. The van der Waals surface area contributed by atoms with Gasteiger partial charge in [-0.15, -0.1) is 0 Å². The van der Waals surface area contributed by atoms with E-state index in [9.17, 15) is 0 Å². The van der Waals surface area contributed by atoms with E-state index in [2.05, 4.69) is 34.7 Å². The van der Waals surface area contributed by atoms with Crippen LogP contribution in [0.3, 0.4) is 0 Å². The molecule has 0 saturated carbocycles. The van der Waals surface area contributed by atoms with Gasteiger partial charge in [-0.25, -0.2) is 10.4 Å². The Morgan fingerprint density at radius 2 is 1.80 bits per heavy atom. The quantitative estimate of drug-likeness (QED) is 0.440. The van der Waals surface area contributed by atoms with E-state index in [0.717, 1.165) is 11.1 Å². The van der Waals surface area contributed by atoms with Crippen LogP contribution in [0.25, 0.3) is 10.8 Å². The van der Waals surface area contributed by atoms with Crippen LogP contribution in [0.5, 0.6) is 0 Å². The van der Waals surface area contributed by atoms with Gasteiger partial charge < -0.3 is 0 Å². The molecule has 1 aromatic heterocycles. The molecule has 0 aliphatic rings. The number of aromatic nitrogens is 1. The van der Waals surface area contributed by atoms with Crippen molar-refractivity contribution in [2.24, 2.45) is 5.84 Å². The molecule has 3 aromatic rings. The molecule has 0 fully saturated rings. The SMILES string of the molecule is NNC(c1ccc(Cl)nc1)c1cccc2ccccc12. The van der Waals surface area contributed by atoms with Crippen molar-refractivity contribution in [2.45, 2.75) is 6.04 Å². The Balaban J connectivity index is 2.14. The summed E-state index contributed by atoms with van der Waals surface area (Å²) in [5.41, 5.74) is 4.96. The third kappa shape index (κ3) is 2.39. The van der Waals surface area contributed by atoms with Gasteiger partial charge in [0, 0.05) is 6.20 Å². The molecule has 3 rings (SSSR count). The Bertz CT molecular complexity index is 720. The normalized spacial score (nSPS) is 12.5. The highest BCUT2D eigenvalue weighted by molar-refractivity contribution is 6.29. The molecule has 2 aromatic carbocycles. The summed E-state index contributed by atoms with van der Waals surface area (Å²) in [7, 11) is 0. The van der Waals surface area contributed by atoms with Crippen molar-refractivity contribution in [1.82, 2.24) is 10.4 Å². The average molecular weight is 284 g/mol. The minimum absolute atomic E-state index is 0.120. The van der Waals surface area contributed by atoms with Gasteiger partial charge in [-0.3, -0.25) is 5.84 Å². The van der Waals surface area contributed by atoms with E-state index in [-0.39, 0.29) is 6.04 Å². The van der Waals surface area contributed by atoms with Crippen LogP contribution in [0.15, 0.2) is 60.8 Å². The summed E-state index contributed by atoms with van der Waals surface area (Å²) in [5, 5.41) is 2.84. The fourth-order valence-electron chi connectivity index (χ4n) is 2.43. The number of nitrogens with two attached hydrogens (primary N) is 1. The molecule has 0 aliphatic carbocycles. The van der Waals surface area contributed by atoms with Gasteiger partial charge in [0.05, 0.1) is 6.04 Å². The van der Waals surface area contributed by atoms with Gasteiger partial charge in [-0.05, 0) is 28.0 Å². The molecule has 0 bridgehead atoms. The van der Waals surface area contributed by atoms with Gasteiger partial charge in [-0.2, -0.15) is 0 Å². The molecule has 0 spiro atoms. The highest BCUT2D eigenvalue weighted by Gasteiger charge is 2.15. The minimum Gasteiger partial charge on any atom is -0.271 e. The summed E-state index contributed by atoms with van der Waals surface area (Å²) >= 11 is 5.84. The van der Waals surface area contributed by atoms with E-state index in [1.807, 2.05) is 24.3 Å². The summed E-state index contributed by atoms with van der Waals surface area (Å²) in [6, 6.07) is 18.0. The molecule has 4 heteroatoms. The first-order valence-corrected chi connectivity index (χ1v) is 6.72. The number of halogens is 1. The first kappa shape index (κ1) is 13.1. The van der Waals surface area contributed by atoms with E-state index in [1.54, 1.807) is 12.3 Å². The summed E-state index contributed by atoms with van der Waals surface area (Å²) in [6.45, 7) is 0. The fraction of sp³-hybridized carbons (Fsp3) is 0.0625. The van der Waals surface area contributed by atoms with Crippen LogP contribution in [-0.2, 0) is 0 Å². The van der Waals surface area contributed by atoms with E-state index in [1.165, 1.54) is 10.8 Å². The molecule has 0 saturated heterocycles. The number of pyridine rings is 1. The zero-order valence-corrected chi connectivity index (χ0v) is 11.5. The second kappa shape index (κ2) is 5.59. The van der Waals surface area contributed by atoms with Crippen LogP contribution in [0, 0.1) is 0 Å². The van der Waals surface area contributed by atoms with Crippen molar-refractivity contribution in [3.8, 4) is 0 Å². The third-order valence-corrected chi connectivity index (χ3v) is 3.61. The summed E-state index contributed by atoms with van der Waals surface area (Å²) in [4.78, 5) is 4.12. The van der Waals surface area contributed by atoms with Gasteiger partial charge >= 0.3 is 0 Å². The zero-order valence-electron chi connectivity index (χ0n) is 10.8. The van der Waals surface area contributed by atoms with Crippen LogP contribution in [0.2, 0.25) is 5.15 Å². The highest BCUT2D eigenvalue weighted by Crippen LogP contribution is 2.28. The lowest BCUT2D eigenvalue weighted by Crippen LogP contribution is -2.29. The van der Waals surface area contributed by atoms with E-state index in [0.29, 0.717) is 5.15 Å². The first-order valence-electron chi connectivity index (χ1n) is 6.35. The van der Waals surface area contributed by atoms with Crippen molar-refractivity contribution >= 4 is 22.4 Å². The van der Waals surface area contributed by atoms with Crippen LogP contribution in [0.1, 0.15) is 17.2 Å². The highest BCUT2D eigenvalue weighted by atomic mass is 35.5. The second-order valence-electron chi connectivity index (χ2n) is 4.58. The number of hydrogen-bond donors (Lipinski definition) is 2. The third-order valence-electron chi connectivity index (χ3n) is 3.38. The Morgan fingerprint density at radius 3 is 2.55 bits per heavy atom. The zero-order chi connectivity index (χ0) is 13.9. The van der Waals surface area contributed by atoms with Crippen LogP contribution in [0.4, 0.5) is 0 Å². The lowest BCUT2D eigenvalue weighted by atomic mass is 9.95. The smallest absolute Gasteiger partial charge is 0.129 e. The van der Waals surface area contributed by atoms with Crippen LogP contribution >= 0.6 is 11.6 Å². The molecule has 1 heterocycles. The fourth-order valence-corrected chi connectivity index (χ4v) is 2.54. The molecule has 3 N–H and O–H groups in total. The van der Waals surface area contributed by atoms with Gasteiger partial charge in [-0.1, -0.05) is 60.1 Å². The molecule has 20 heavy (non-hydrogen) atoms. The lowest BCUT2D eigenvalue weighted by Gasteiger charge is -2.18. The Kier molecular flexibility index (Phi) is 3.65. The molecule has 1 atom stereocenters. The average Bonchev–Trinajstić information content (AvgIpc) is 2.50. The molecule has 3 nitrogen and oxygen atoms in total. The van der Waals surface area contributed by atoms with Gasteiger partial charge in [0.2, 0.25) is 0 Å². The number of hydrazine groups is 1. The van der Waals surface area contributed by atoms with Gasteiger partial charge in [0.15, 0.2) is 0 Å². The number of hydrogen-bond acceptors (Lipinski definition) is 3. The number of nitrogens with zero attached hydrogens (tertiary/aromatic N) is 1. The van der Waals surface area contributed by atoms with E-state index < -0.39 is 0 Å². The van der Waals surface area contributed by atoms with Gasteiger partial charge in [0.25, 0.3) is 0 Å². The standard InChI is InChI=1S/C16H14ClN3/c17-15-9-8-12(10-19-15)16(20-18)14-7-3-5-11-4-1-2-6-13(11)14/h1-10,16,20H,18H2. The molecule has 1 unspecified atom stereocenters. The van der Waals surface area contributed by atoms with E-state index in [4.69, 9.17) is 17.4 Å². The number of fused-ring (bicyclic) bond motifs is 1. The van der Waals surface area contributed by atoms with Crippen molar-refractivity contribution < 1.29 is 0 Å². The molecular formula is C16H14ClN3. The monoisotopic (exact) mass is 283 g/mol. The Morgan fingerprint density at radius 1 is 1.00 bits per heavy atom. The number of benzene rings is 2. The molecule has 0 radical (unpaired) electrons. The minimum atomic E-state index is -0.120. The Labute approximate surface area is 122 Å². The predicted molar refractivity (Wildman–Crippen MR) is 82.4 cm³/mol. The van der Waals surface area contributed by atoms with Crippen molar-refractivity contribution in [3.63, 3.8) is 0 Å². The van der Waals surface area contributed by atoms with Crippen molar-refractivity contribution in [3.05, 3.63) is 77.1 Å². The van der Waals surface area contributed by atoms with Crippen LogP contribution < -0.4 is 11.3 Å². The maximum Gasteiger partial charge on any atom is 0.129 e. The van der Waals surface area contributed by atoms with Gasteiger partial charge in [0.1, 0.15) is 5.15 Å². The maximum absolute atomic E-state index is 5.84. The van der Waals surface area contributed by atoms with Crippen LogP contribution in [-0.4, -0.2) is 4.98 Å². The van der Waals surface area contributed by atoms with Crippen molar-refractivity contribution in [2.75, 3.05) is 0 Å². The molecule has 0 aliphatic heterocycles. The summed E-state index contributed by atoms with van der Waals surface area (Å²) in [5.74, 6) is 5.76. The number of rotatable bonds is 3. The summed E-state index contributed by atoms with van der Waals surface area (Å²) in [6.07, 6.45) is 1.74. The van der Waals surface area contributed by atoms with E-state index >= 15 is 0 Å². The molecule has 100 valence electrons. The molecular weight excluding hydrogens is 270 g/mol. The number of nitrogens with one attached hydrogen (secondary N) is 1. The first-order chi connectivity index (χ1) is 9.79. The summed E-state index contributed by atoms with van der Waals surface area (Å²) < 4.78 is 0. The largest absolute Gasteiger partial charge is 0.271 e. The topological polar surface area (TPSA) is 50.9 Å². The molecule has 0 amide bonds. The Hall–Kier alpha value is -1.94. The van der Waals surface area contributed by atoms with Crippen molar-refractivity contribution in [1.29, 1.82) is 0 Å². The second-order valence-corrected chi connectivity index (χ2v) is 4.97.